The molecule has 2 heterocycles. The second kappa shape index (κ2) is 11.0. The molecule has 1 aliphatic rings. The number of carbonyl (C=O) groups excluding carboxylic acids is 3. The van der Waals surface area contributed by atoms with Crippen molar-refractivity contribution in [2.24, 2.45) is 5.92 Å². The summed E-state index contributed by atoms with van der Waals surface area (Å²) in [5.41, 5.74) is 2.84. The van der Waals surface area contributed by atoms with Crippen LogP contribution >= 0.6 is 0 Å². The number of nitrogens with one attached hydrogen (secondary N) is 1. The van der Waals surface area contributed by atoms with Gasteiger partial charge in [-0.25, -0.2) is 14.6 Å². The number of urea groups is 1. The summed E-state index contributed by atoms with van der Waals surface area (Å²) in [5, 5.41) is 3.70. The van der Waals surface area contributed by atoms with E-state index < -0.39 is 17.9 Å². The molecule has 4 rings (SSSR count). The quantitative estimate of drug-likeness (QED) is 0.519. The van der Waals surface area contributed by atoms with Gasteiger partial charge in [0.25, 0.3) is 0 Å². The number of hydrogen-bond donors (Lipinski definition) is 1. The lowest BCUT2D eigenvalue weighted by molar-refractivity contribution is -0.151. The van der Waals surface area contributed by atoms with Crippen LogP contribution in [-0.2, 0) is 20.9 Å². The van der Waals surface area contributed by atoms with Crippen molar-refractivity contribution in [1.82, 2.24) is 9.88 Å². The number of aromatic nitrogens is 1. The van der Waals surface area contributed by atoms with Crippen molar-refractivity contribution in [2.45, 2.75) is 33.3 Å². The van der Waals surface area contributed by atoms with Crippen LogP contribution in [0.3, 0.4) is 0 Å². The zero-order chi connectivity index (χ0) is 24.8. The molecule has 1 aliphatic heterocycles. The van der Waals surface area contributed by atoms with Crippen molar-refractivity contribution in [3.8, 4) is 0 Å². The van der Waals surface area contributed by atoms with Crippen LogP contribution in [0.15, 0.2) is 54.6 Å². The van der Waals surface area contributed by atoms with E-state index in [2.05, 4.69) is 10.3 Å². The zero-order valence-corrected chi connectivity index (χ0v) is 20.0. The van der Waals surface area contributed by atoms with Crippen molar-refractivity contribution in [3.05, 3.63) is 71.4 Å². The van der Waals surface area contributed by atoms with E-state index in [1.165, 1.54) is 0 Å². The molecule has 2 aromatic carbocycles. The average Bonchev–Trinajstić information content (AvgIpc) is 2.88. The molecule has 0 saturated carbocycles. The number of benzene rings is 2. The molecule has 1 aromatic heterocycles. The number of aryl methyl sites for hydroxylation is 1. The second-order valence-electron chi connectivity index (χ2n) is 8.49. The number of rotatable bonds is 6. The predicted octanol–water partition coefficient (Wildman–Crippen LogP) is 4.71. The van der Waals surface area contributed by atoms with E-state index in [0.29, 0.717) is 41.8 Å². The van der Waals surface area contributed by atoms with Crippen LogP contribution in [0.25, 0.3) is 10.9 Å². The molecule has 1 N–H and O–H groups in total. The molecule has 182 valence electrons. The zero-order valence-electron chi connectivity index (χ0n) is 20.0. The first-order valence-corrected chi connectivity index (χ1v) is 11.8. The molecule has 0 spiro atoms. The Hall–Kier alpha value is -3.94. The highest BCUT2D eigenvalue weighted by atomic mass is 16.5. The summed E-state index contributed by atoms with van der Waals surface area (Å²) in [5.74, 6) is -1.35. The van der Waals surface area contributed by atoms with Gasteiger partial charge in [0.1, 0.15) is 6.61 Å². The number of ether oxygens (including phenoxy) is 2. The summed E-state index contributed by atoms with van der Waals surface area (Å²) in [4.78, 5) is 44.5. The molecule has 2 amide bonds. The van der Waals surface area contributed by atoms with E-state index in [4.69, 9.17) is 9.47 Å². The Bertz CT molecular complexity index is 1230. The van der Waals surface area contributed by atoms with Gasteiger partial charge in [0, 0.05) is 24.2 Å². The van der Waals surface area contributed by atoms with E-state index in [9.17, 15) is 14.4 Å². The summed E-state index contributed by atoms with van der Waals surface area (Å²) in [7, 11) is 0. The largest absolute Gasteiger partial charge is 0.462 e. The number of carbonyl (C=O) groups is 3. The first-order valence-electron chi connectivity index (χ1n) is 11.8. The summed E-state index contributed by atoms with van der Waals surface area (Å²) in [6.45, 7) is 4.50. The Labute approximate surface area is 204 Å². The minimum Gasteiger partial charge on any atom is -0.462 e. The third-order valence-corrected chi connectivity index (χ3v) is 6.12. The number of pyridine rings is 1. The standard InChI is InChI=1S/C27H29N3O5/c1-3-34-26(32)24-18(2)21-13-7-8-14-22(21)29-23(24)17-35-25(31)19-10-9-15-30(16-19)27(33)28-20-11-5-4-6-12-20/h4-8,11-14,19H,3,9-10,15-17H2,1-2H3,(H,28,33). The molecule has 1 atom stereocenters. The molecule has 1 saturated heterocycles. The third kappa shape index (κ3) is 5.59. The van der Waals surface area contributed by atoms with Crippen LogP contribution in [0.2, 0.25) is 0 Å². The second-order valence-corrected chi connectivity index (χ2v) is 8.49. The fraction of sp³-hybridized carbons (Fsp3) is 0.333. The minimum absolute atomic E-state index is 0.147. The summed E-state index contributed by atoms with van der Waals surface area (Å²) in [6, 6.07) is 16.5. The number of para-hydroxylation sites is 2. The van der Waals surface area contributed by atoms with Crippen LogP contribution in [-0.4, -0.2) is 47.6 Å². The number of anilines is 1. The maximum atomic E-state index is 12.9. The van der Waals surface area contributed by atoms with Gasteiger partial charge in [-0.1, -0.05) is 36.4 Å². The number of nitrogens with zero attached hydrogens (tertiary/aromatic N) is 2. The number of piperidine rings is 1. The Morgan fingerprint density at radius 1 is 1.06 bits per heavy atom. The number of likely N-dealkylation sites (tertiary alicyclic amines) is 1. The van der Waals surface area contributed by atoms with Crippen molar-refractivity contribution in [2.75, 3.05) is 25.0 Å². The van der Waals surface area contributed by atoms with Gasteiger partial charge in [-0.2, -0.15) is 0 Å². The normalized spacial score (nSPS) is 15.5. The highest BCUT2D eigenvalue weighted by Gasteiger charge is 2.30. The lowest BCUT2D eigenvalue weighted by Gasteiger charge is -2.31. The van der Waals surface area contributed by atoms with Crippen molar-refractivity contribution >= 4 is 34.6 Å². The molecule has 0 bridgehead atoms. The SMILES string of the molecule is CCOC(=O)c1c(COC(=O)C2CCCN(C(=O)Nc3ccccc3)C2)nc2ccccc2c1C. The first-order chi connectivity index (χ1) is 17.0. The maximum Gasteiger partial charge on any atom is 0.340 e. The summed E-state index contributed by atoms with van der Waals surface area (Å²) >= 11 is 0. The van der Waals surface area contributed by atoms with E-state index in [1.807, 2.05) is 61.5 Å². The number of esters is 2. The van der Waals surface area contributed by atoms with Gasteiger partial charge in [-0.05, 0) is 50.5 Å². The van der Waals surface area contributed by atoms with Crippen LogP contribution in [0.5, 0.6) is 0 Å². The Morgan fingerprint density at radius 2 is 1.80 bits per heavy atom. The molecular weight excluding hydrogens is 446 g/mol. The average molecular weight is 476 g/mol. The smallest absolute Gasteiger partial charge is 0.340 e. The molecule has 0 aliphatic carbocycles. The molecule has 1 unspecified atom stereocenters. The van der Waals surface area contributed by atoms with E-state index in [-0.39, 0.29) is 25.8 Å². The third-order valence-electron chi connectivity index (χ3n) is 6.12. The van der Waals surface area contributed by atoms with Crippen LogP contribution in [0, 0.1) is 12.8 Å². The molecule has 8 nitrogen and oxygen atoms in total. The van der Waals surface area contributed by atoms with Gasteiger partial charge in [0.2, 0.25) is 0 Å². The van der Waals surface area contributed by atoms with Crippen LogP contribution in [0.4, 0.5) is 10.5 Å². The lowest BCUT2D eigenvalue weighted by Crippen LogP contribution is -2.44. The number of amides is 2. The van der Waals surface area contributed by atoms with Gasteiger partial charge < -0.3 is 19.7 Å². The van der Waals surface area contributed by atoms with Gasteiger partial charge in [-0.15, -0.1) is 0 Å². The predicted molar refractivity (Wildman–Crippen MR) is 132 cm³/mol. The molecule has 0 radical (unpaired) electrons. The monoisotopic (exact) mass is 475 g/mol. The molecular formula is C27H29N3O5. The van der Waals surface area contributed by atoms with Gasteiger partial charge >= 0.3 is 18.0 Å². The fourth-order valence-electron chi connectivity index (χ4n) is 4.35. The maximum absolute atomic E-state index is 12.9. The summed E-state index contributed by atoms with van der Waals surface area (Å²) in [6.07, 6.45) is 1.33. The van der Waals surface area contributed by atoms with Gasteiger partial charge in [0.15, 0.2) is 0 Å². The highest BCUT2D eigenvalue weighted by molar-refractivity contribution is 5.98. The van der Waals surface area contributed by atoms with E-state index in [0.717, 1.165) is 10.9 Å². The molecule has 35 heavy (non-hydrogen) atoms. The van der Waals surface area contributed by atoms with Crippen molar-refractivity contribution in [1.29, 1.82) is 0 Å². The van der Waals surface area contributed by atoms with E-state index in [1.54, 1.807) is 11.8 Å². The Kier molecular flexibility index (Phi) is 7.60. The first kappa shape index (κ1) is 24.2. The van der Waals surface area contributed by atoms with Gasteiger partial charge in [0.05, 0.1) is 29.3 Å². The number of hydrogen-bond acceptors (Lipinski definition) is 6. The van der Waals surface area contributed by atoms with Gasteiger partial charge in [-0.3, -0.25) is 4.79 Å². The van der Waals surface area contributed by atoms with Crippen molar-refractivity contribution < 1.29 is 23.9 Å². The topological polar surface area (TPSA) is 97.8 Å². The number of fused-ring (bicyclic) bond motifs is 1. The minimum atomic E-state index is -0.490. The Balaban J connectivity index is 1.45. The molecule has 1 fully saturated rings. The van der Waals surface area contributed by atoms with E-state index >= 15 is 0 Å². The highest BCUT2D eigenvalue weighted by Crippen LogP contribution is 2.25. The lowest BCUT2D eigenvalue weighted by atomic mass is 9.98. The molecule has 8 heteroatoms. The summed E-state index contributed by atoms with van der Waals surface area (Å²) < 4.78 is 10.9. The Morgan fingerprint density at radius 3 is 2.57 bits per heavy atom. The fourth-order valence-corrected chi connectivity index (χ4v) is 4.35. The van der Waals surface area contributed by atoms with Crippen LogP contribution < -0.4 is 5.32 Å². The van der Waals surface area contributed by atoms with Crippen molar-refractivity contribution in [3.63, 3.8) is 0 Å². The molecule has 3 aromatic rings. The van der Waals surface area contributed by atoms with Crippen LogP contribution in [0.1, 0.15) is 41.4 Å².